The zero-order valence-electron chi connectivity index (χ0n) is 19.4. The summed E-state index contributed by atoms with van der Waals surface area (Å²) in [6, 6.07) is 19.3. The molecule has 9 nitrogen and oxygen atoms in total. The van der Waals surface area contributed by atoms with E-state index < -0.39 is 30.2 Å². The van der Waals surface area contributed by atoms with Gasteiger partial charge >= 0.3 is 11.6 Å². The number of aliphatic carboxylic acids is 1. The predicted octanol–water partition coefficient (Wildman–Crippen LogP) is 3.84. The molecule has 37 heavy (non-hydrogen) atoms. The van der Waals surface area contributed by atoms with Crippen LogP contribution >= 0.6 is 0 Å². The van der Waals surface area contributed by atoms with Crippen LogP contribution in [0.1, 0.15) is 5.56 Å². The molecule has 2 heterocycles. The van der Waals surface area contributed by atoms with Gasteiger partial charge in [-0.25, -0.2) is 9.59 Å². The third-order valence-electron chi connectivity index (χ3n) is 5.98. The van der Waals surface area contributed by atoms with Crippen LogP contribution in [0.25, 0.3) is 33.0 Å². The number of phenols is 1. The SMILES string of the molecule is O=C(COc1ccc2c(-c3ccccc3)cc(=O)oc2c1)N[C@@H](Cc1c[nH]c2ccc(O)cc12)C(=O)O. The standard InChI is InChI=1S/C28H22N2O7/c31-18-6-9-23-22(11-18)17(14-29-23)10-24(28(34)35)30-26(32)15-36-19-7-8-20-21(16-4-2-1-3-5-16)13-27(33)37-25(20)12-19/h1-9,11-14,24,29,31H,10,15H2,(H,30,32)(H,34,35)/t24-/m0/s1. The molecule has 0 saturated heterocycles. The van der Waals surface area contributed by atoms with Crippen LogP contribution in [0.3, 0.4) is 0 Å². The summed E-state index contributed by atoms with van der Waals surface area (Å²) in [7, 11) is 0. The van der Waals surface area contributed by atoms with Crippen LogP contribution in [0.5, 0.6) is 11.5 Å². The number of phenolic OH excluding ortho intramolecular Hbond substituents is 1. The number of amides is 1. The highest BCUT2D eigenvalue weighted by Crippen LogP contribution is 2.29. The van der Waals surface area contributed by atoms with E-state index in [0.29, 0.717) is 27.5 Å². The topological polar surface area (TPSA) is 142 Å². The minimum Gasteiger partial charge on any atom is -0.508 e. The lowest BCUT2D eigenvalue weighted by atomic mass is 10.0. The van der Waals surface area contributed by atoms with Gasteiger partial charge in [-0.15, -0.1) is 0 Å². The molecule has 5 rings (SSSR count). The number of rotatable bonds is 8. The largest absolute Gasteiger partial charge is 0.508 e. The van der Waals surface area contributed by atoms with Crippen LogP contribution in [0.4, 0.5) is 0 Å². The highest BCUT2D eigenvalue weighted by atomic mass is 16.5. The van der Waals surface area contributed by atoms with Gasteiger partial charge in [-0.05, 0) is 47.0 Å². The Bertz CT molecular complexity index is 1670. The molecule has 0 aliphatic rings. The summed E-state index contributed by atoms with van der Waals surface area (Å²) in [6.45, 7) is -0.438. The molecule has 9 heteroatoms. The first-order valence-corrected chi connectivity index (χ1v) is 11.4. The molecule has 1 atom stereocenters. The van der Waals surface area contributed by atoms with Gasteiger partial charge in [-0.2, -0.15) is 0 Å². The van der Waals surface area contributed by atoms with Crippen molar-refractivity contribution in [2.24, 2.45) is 0 Å². The first-order valence-electron chi connectivity index (χ1n) is 11.4. The summed E-state index contributed by atoms with van der Waals surface area (Å²) in [4.78, 5) is 39.5. The minimum absolute atomic E-state index is 0.00786. The lowest BCUT2D eigenvalue weighted by Crippen LogP contribution is -2.44. The van der Waals surface area contributed by atoms with Crippen LogP contribution < -0.4 is 15.7 Å². The average molecular weight is 498 g/mol. The molecule has 0 spiro atoms. The minimum atomic E-state index is -1.21. The van der Waals surface area contributed by atoms with Crippen molar-refractivity contribution in [1.29, 1.82) is 0 Å². The van der Waals surface area contributed by atoms with Gasteiger partial charge in [0.05, 0.1) is 0 Å². The fourth-order valence-corrected chi connectivity index (χ4v) is 4.23. The molecule has 0 bridgehead atoms. The van der Waals surface area contributed by atoms with E-state index in [1.807, 2.05) is 30.3 Å². The van der Waals surface area contributed by atoms with Crippen molar-refractivity contribution >= 4 is 33.7 Å². The van der Waals surface area contributed by atoms with Crippen molar-refractivity contribution in [2.45, 2.75) is 12.5 Å². The number of ether oxygens (including phenoxy) is 1. The van der Waals surface area contributed by atoms with Crippen LogP contribution in [-0.4, -0.2) is 39.7 Å². The van der Waals surface area contributed by atoms with Gasteiger partial charge in [0.2, 0.25) is 0 Å². The first kappa shape index (κ1) is 23.7. The molecule has 5 aromatic rings. The van der Waals surface area contributed by atoms with Crippen molar-refractivity contribution in [2.75, 3.05) is 6.61 Å². The van der Waals surface area contributed by atoms with Crippen molar-refractivity contribution in [3.05, 3.63) is 95.0 Å². The molecule has 4 N–H and O–H groups in total. The van der Waals surface area contributed by atoms with Gasteiger partial charge < -0.3 is 29.7 Å². The van der Waals surface area contributed by atoms with Crippen LogP contribution in [0.2, 0.25) is 0 Å². The Labute approximate surface area is 209 Å². The van der Waals surface area contributed by atoms with E-state index in [2.05, 4.69) is 10.3 Å². The smallest absolute Gasteiger partial charge is 0.336 e. The maximum absolute atomic E-state index is 12.5. The third kappa shape index (κ3) is 5.15. The van der Waals surface area contributed by atoms with E-state index in [9.17, 15) is 24.6 Å². The van der Waals surface area contributed by atoms with Crippen LogP contribution in [0, 0.1) is 0 Å². The lowest BCUT2D eigenvalue weighted by molar-refractivity contribution is -0.142. The Kier molecular flexibility index (Phi) is 6.34. The average Bonchev–Trinajstić information content (AvgIpc) is 3.28. The molecule has 0 aliphatic carbocycles. The molecule has 3 aromatic carbocycles. The molecule has 0 radical (unpaired) electrons. The summed E-state index contributed by atoms with van der Waals surface area (Å²) in [5.41, 5.74) is 2.74. The normalized spacial score (nSPS) is 11.9. The highest BCUT2D eigenvalue weighted by Gasteiger charge is 2.22. The molecule has 2 aromatic heterocycles. The Morgan fingerprint density at radius 3 is 2.59 bits per heavy atom. The Morgan fingerprint density at radius 2 is 1.81 bits per heavy atom. The van der Waals surface area contributed by atoms with E-state index in [0.717, 1.165) is 11.1 Å². The molecular weight excluding hydrogens is 476 g/mol. The summed E-state index contributed by atoms with van der Waals surface area (Å²) < 4.78 is 10.9. The number of nitrogens with one attached hydrogen (secondary N) is 2. The number of H-pyrrole nitrogens is 1. The Morgan fingerprint density at radius 1 is 1.00 bits per heavy atom. The van der Waals surface area contributed by atoms with E-state index in [1.54, 1.807) is 24.4 Å². The zero-order chi connectivity index (χ0) is 25.9. The molecule has 186 valence electrons. The monoisotopic (exact) mass is 498 g/mol. The summed E-state index contributed by atoms with van der Waals surface area (Å²) in [5.74, 6) is -1.49. The predicted molar refractivity (Wildman–Crippen MR) is 137 cm³/mol. The lowest BCUT2D eigenvalue weighted by Gasteiger charge is -2.15. The number of carbonyl (C=O) groups is 2. The zero-order valence-corrected chi connectivity index (χ0v) is 19.4. The number of carboxylic acids is 1. The number of aromatic hydroxyl groups is 1. The second-order valence-corrected chi connectivity index (χ2v) is 8.50. The molecular formula is C28H22N2O7. The Balaban J connectivity index is 1.29. The maximum atomic E-state index is 12.5. The number of hydrogen-bond donors (Lipinski definition) is 4. The summed E-state index contributed by atoms with van der Waals surface area (Å²) in [6.07, 6.45) is 1.66. The van der Waals surface area contributed by atoms with Gasteiger partial charge in [0.1, 0.15) is 23.1 Å². The highest BCUT2D eigenvalue weighted by molar-refractivity contribution is 5.94. The summed E-state index contributed by atoms with van der Waals surface area (Å²) >= 11 is 0. The number of carboxylic acid groups (broad SMARTS) is 1. The van der Waals surface area contributed by atoms with Crippen LogP contribution in [-0.2, 0) is 16.0 Å². The summed E-state index contributed by atoms with van der Waals surface area (Å²) in [5, 5.41) is 23.2. The first-order chi connectivity index (χ1) is 17.9. The fourth-order valence-electron chi connectivity index (χ4n) is 4.23. The van der Waals surface area contributed by atoms with Crippen molar-refractivity contribution in [3.8, 4) is 22.6 Å². The molecule has 0 fully saturated rings. The molecule has 1 amide bonds. The van der Waals surface area contributed by atoms with E-state index in [1.165, 1.54) is 24.3 Å². The van der Waals surface area contributed by atoms with E-state index >= 15 is 0 Å². The quantitative estimate of drug-likeness (QED) is 0.238. The number of aromatic nitrogens is 1. The van der Waals surface area contributed by atoms with E-state index in [4.69, 9.17) is 9.15 Å². The van der Waals surface area contributed by atoms with E-state index in [-0.39, 0.29) is 17.9 Å². The van der Waals surface area contributed by atoms with Crippen molar-refractivity contribution < 1.29 is 29.0 Å². The number of hydrogen-bond acceptors (Lipinski definition) is 6. The molecule has 0 unspecified atom stereocenters. The van der Waals surface area contributed by atoms with Gasteiger partial charge in [0, 0.05) is 41.0 Å². The number of carbonyl (C=O) groups excluding carboxylic acids is 1. The maximum Gasteiger partial charge on any atom is 0.336 e. The van der Waals surface area contributed by atoms with Crippen molar-refractivity contribution in [1.82, 2.24) is 10.3 Å². The number of fused-ring (bicyclic) bond motifs is 2. The van der Waals surface area contributed by atoms with Crippen molar-refractivity contribution in [3.63, 3.8) is 0 Å². The number of aromatic amines is 1. The molecule has 0 saturated carbocycles. The van der Waals surface area contributed by atoms with Gasteiger partial charge in [0.25, 0.3) is 5.91 Å². The third-order valence-corrected chi connectivity index (χ3v) is 5.98. The second kappa shape index (κ2) is 9.90. The van der Waals surface area contributed by atoms with Gasteiger partial charge in [0.15, 0.2) is 6.61 Å². The fraction of sp³-hybridized carbons (Fsp3) is 0.107. The Hall–Kier alpha value is -5.05. The van der Waals surface area contributed by atoms with Gasteiger partial charge in [-0.1, -0.05) is 30.3 Å². The van der Waals surface area contributed by atoms with Crippen LogP contribution in [0.15, 0.2) is 88.2 Å². The number of benzene rings is 3. The van der Waals surface area contributed by atoms with Gasteiger partial charge in [-0.3, -0.25) is 4.79 Å². The molecule has 0 aliphatic heterocycles. The second-order valence-electron chi connectivity index (χ2n) is 8.50.